The van der Waals surface area contributed by atoms with Crippen LogP contribution < -0.4 is 5.32 Å². The van der Waals surface area contributed by atoms with Crippen LogP contribution in [-0.2, 0) is 0 Å². The molecule has 4 heteroatoms. The van der Waals surface area contributed by atoms with Gasteiger partial charge in [0.05, 0.1) is 0 Å². The molecule has 2 aliphatic heterocycles. The van der Waals surface area contributed by atoms with Crippen LogP contribution >= 0.6 is 23.4 Å². The standard InChI is InChI=1S/C17H25ClN2S/c18-14-5-6-17-15(13-14)16(7-12-21-17)19-8-11-20-9-3-1-2-4-10-20/h5-6,13,16,19H,1-4,7-12H2. The molecule has 3 rings (SSSR count). The van der Waals surface area contributed by atoms with Crippen LogP contribution in [0.1, 0.15) is 43.7 Å². The lowest BCUT2D eigenvalue weighted by Gasteiger charge is -2.28. The molecule has 1 unspecified atom stereocenters. The number of nitrogens with one attached hydrogen (secondary N) is 1. The Morgan fingerprint density at radius 3 is 2.81 bits per heavy atom. The van der Waals surface area contributed by atoms with Crippen LogP contribution in [-0.4, -0.2) is 36.8 Å². The fourth-order valence-corrected chi connectivity index (χ4v) is 4.62. The Bertz CT molecular complexity index is 458. The second kappa shape index (κ2) is 7.87. The Morgan fingerprint density at radius 2 is 2.00 bits per heavy atom. The number of thioether (sulfide) groups is 1. The van der Waals surface area contributed by atoms with Crippen molar-refractivity contribution in [1.82, 2.24) is 10.2 Å². The summed E-state index contributed by atoms with van der Waals surface area (Å²) in [6.45, 7) is 4.83. The number of likely N-dealkylation sites (tertiary alicyclic amines) is 1. The van der Waals surface area contributed by atoms with E-state index in [-0.39, 0.29) is 0 Å². The maximum Gasteiger partial charge on any atom is 0.0410 e. The maximum atomic E-state index is 6.17. The van der Waals surface area contributed by atoms with Gasteiger partial charge in [-0.05, 0) is 61.9 Å². The van der Waals surface area contributed by atoms with E-state index in [4.69, 9.17) is 11.6 Å². The zero-order valence-electron chi connectivity index (χ0n) is 12.6. The molecule has 2 aliphatic rings. The third-order valence-corrected chi connectivity index (χ3v) is 5.89. The number of hydrogen-bond donors (Lipinski definition) is 1. The number of nitrogens with zero attached hydrogens (tertiary/aromatic N) is 1. The first-order valence-electron chi connectivity index (χ1n) is 8.21. The van der Waals surface area contributed by atoms with Crippen molar-refractivity contribution < 1.29 is 0 Å². The van der Waals surface area contributed by atoms with Crippen LogP contribution in [0.15, 0.2) is 23.1 Å². The van der Waals surface area contributed by atoms with Gasteiger partial charge in [0, 0.05) is 29.0 Å². The van der Waals surface area contributed by atoms with E-state index in [1.165, 1.54) is 68.0 Å². The zero-order chi connectivity index (χ0) is 14.5. The number of rotatable bonds is 4. The predicted molar refractivity (Wildman–Crippen MR) is 92.4 cm³/mol. The van der Waals surface area contributed by atoms with Gasteiger partial charge in [-0.25, -0.2) is 0 Å². The van der Waals surface area contributed by atoms with Gasteiger partial charge in [-0.1, -0.05) is 24.4 Å². The van der Waals surface area contributed by atoms with Crippen LogP contribution in [0, 0.1) is 0 Å². The van der Waals surface area contributed by atoms with Crippen molar-refractivity contribution in [2.75, 3.05) is 31.9 Å². The Morgan fingerprint density at radius 1 is 1.19 bits per heavy atom. The Hall–Kier alpha value is -0.220. The van der Waals surface area contributed by atoms with E-state index >= 15 is 0 Å². The Kier molecular flexibility index (Phi) is 5.87. The summed E-state index contributed by atoms with van der Waals surface area (Å²) in [5, 5.41) is 4.62. The van der Waals surface area contributed by atoms with Crippen molar-refractivity contribution in [2.45, 2.75) is 43.0 Å². The largest absolute Gasteiger partial charge is 0.309 e. The van der Waals surface area contributed by atoms with Crippen molar-refractivity contribution in [3.63, 3.8) is 0 Å². The van der Waals surface area contributed by atoms with Gasteiger partial charge in [0.25, 0.3) is 0 Å². The van der Waals surface area contributed by atoms with Crippen LogP contribution in [0.25, 0.3) is 0 Å². The van der Waals surface area contributed by atoms with Gasteiger partial charge in [-0.15, -0.1) is 11.8 Å². The van der Waals surface area contributed by atoms with E-state index in [1.54, 1.807) is 0 Å². The summed E-state index contributed by atoms with van der Waals surface area (Å²) in [7, 11) is 0. The quantitative estimate of drug-likeness (QED) is 0.886. The summed E-state index contributed by atoms with van der Waals surface area (Å²) in [5.41, 5.74) is 1.40. The van der Waals surface area contributed by atoms with Crippen molar-refractivity contribution >= 4 is 23.4 Å². The number of hydrogen-bond acceptors (Lipinski definition) is 3. The molecule has 0 bridgehead atoms. The number of benzene rings is 1. The molecule has 1 N–H and O–H groups in total. The average molecular weight is 325 g/mol. The van der Waals surface area contributed by atoms with Crippen molar-refractivity contribution in [3.8, 4) is 0 Å². The molecule has 1 atom stereocenters. The van der Waals surface area contributed by atoms with Gasteiger partial charge in [0.15, 0.2) is 0 Å². The lowest BCUT2D eigenvalue weighted by atomic mass is 10.0. The minimum Gasteiger partial charge on any atom is -0.309 e. The summed E-state index contributed by atoms with van der Waals surface area (Å²) < 4.78 is 0. The van der Waals surface area contributed by atoms with Crippen LogP contribution in [0.2, 0.25) is 5.02 Å². The van der Waals surface area contributed by atoms with Crippen LogP contribution in [0.3, 0.4) is 0 Å². The average Bonchev–Trinajstić information content (AvgIpc) is 2.76. The summed E-state index contributed by atoms with van der Waals surface area (Å²) in [4.78, 5) is 4.02. The molecular formula is C17H25ClN2S. The van der Waals surface area contributed by atoms with Gasteiger partial charge < -0.3 is 10.2 Å². The molecule has 2 nitrogen and oxygen atoms in total. The van der Waals surface area contributed by atoms with Gasteiger partial charge in [0.1, 0.15) is 0 Å². The maximum absolute atomic E-state index is 6.17. The highest BCUT2D eigenvalue weighted by molar-refractivity contribution is 7.99. The SMILES string of the molecule is Clc1ccc2c(c1)C(NCCN1CCCCCC1)CCS2. The Balaban J connectivity index is 1.53. The fraction of sp³-hybridized carbons (Fsp3) is 0.647. The third kappa shape index (κ3) is 4.38. The molecule has 0 radical (unpaired) electrons. The highest BCUT2D eigenvalue weighted by Gasteiger charge is 2.20. The van der Waals surface area contributed by atoms with Crippen LogP contribution in [0.5, 0.6) is 0 Å². The lowest BCUT2D eigenvalue weighted by molar-refractivity contribution is 0.278. The first kappa shape index (κ1) is 15.7. The molecule has 0 spiro atoms. The summed E-state index contributed by atoms with van der Waals surface area (Å²) >= 11 is 8.13. The normalized spacial score (nSPS) is 23.6. The molecule has 0 aromatic heterocycles. The molecule has 21 heavy (non-hydrogen) atoms. The molecule has 1 saturated heterocycles. The van der Waals surface area contributed by atoms with E-state index in [9.17, 15) is 0 Å². The molecule has 116 valence electrons. The smallest absolute Gasteiger partial charge is 0.0410 e. The first-order chi connectivity index (χ1) is 10.3. The number of fused-ring (bicyclic) bond motifs is 1. The predicted octanol–water partition coefficient (Wildman–Crippen LogP) is 4.34. The minimum absolute atomic E-state index is 0.479. The van der Waals surface area contributed by atoms with E-state index in [0.717, 1.165) is 11.6 Å². The third-order valence-electron chi connectivity index (χ3n) is 4.53. The second-order valence-corrected chi connectivity index (χ2v) is 7.66. The van der Waals surface area contributed by atoms with Gasteiger partial charge in [-0.2, -0.15) is 0 Å². The molecule has 1 aromatic rings. The highest BCUT2D eigenvalue weighted by atomic mass is 35.5. The number of halogens is 1. The lowest BCUT2D eigenvalue weighted by Crippen LogP contribution is -2.35. The van der Waals surface area contributed by atoms with Gasteiger partial charge in [-0.3, -0.25) is 0 Å². The molecule has 0 saturated carbocycles. The molecule has 2 heterocycles. The van der Waals surface area contributed by atoms with Gasteiger partial charge in [0.2, 0.25) is 0 Å². The molecule has 0 aliphatic carbocycles. The van der Waals surface area contributed by atoms with E-state index in [1.807, 2.05) is 17.8 Å². The van der Waals surface area contributed by atoms with E-state index in [2.05, 4.69) is 22.3 Å². The Labute approximate surface area is 137 Å². The molecular weight excluding hydrogens is 300 g/mol. The van der Waals surface area contributed by atoms with Gasteiger partial charge >= 0.3 is 0 Å². The molecule has 1 aromatic carbocycles. The zero-order valence-corrected chi connectivity index (χ0v) is 14.2. The van der Waals surface area contributed by atoms with Crippen molar-refractivity contribution in [3.05, 3.63) is 28.8 Å². The summed E-state index contributed by atoms with van der Waals surface area (Å²) in [6.07, 6.45) is 6.78. The second-order valence-electron chi connectivity index (χ2n) is 6.08. The van der Waals surface area contributed by atoms with Crippen molar-refractivity contribution in [1.29, 1.82) is 0 Å². The van der Waals surface area contributed by atoms with Crippen LogP contribution in [0.4, 0.5) is 0 Å². The monoisotopic (exact) mass is 324 g/mol. The molecule has 0 amide bonds. The fourth-order valence-electron chi connectivity index (χ4n) is 3.33. The highest BCUT2D eigenvalue weighted by Crippen LogP contribution is 2.37. The minimum atomic E-state index is 0.479. The van der Waals surface area contributed by atoms with Crippen molar-refractivity contribution in [2.24, 2.45) is 0 Å². The van der Waals surface area contributed by atoms with E-state index in [0.29, 0.717) is 6.04 Å². The molecule has 1 fully saturated rings. The summed E-state index contributed by atoms with van der Waals surface area (Å²) in [5.74, 6) is 1.20. The summed E-state index contributed by atoms with van der Waals surface area (Å²) in [6, 6.07) is 6.80. The first-order valence-corrected chi connectivity index (χ1v) is 9.57. The van der Waals surface area contributed by atoms with E-state index < -0.39 is 0 Å². The topological polar surface area (TPSA) is 15.3 Å².